The maximum atomic E-state index is 6.27. The zero-order chi connectivity index (χ0) is 20.7. The third kappa shape index (κ3) is 3.03. The van der Waals surface area contributed by atoms with Crippen LogP contribution in [0.15, 0.2) is 35.1 Å². The predicted octanol–water partition coefficient (Wildman–Crippen LogP) is 2.69. The molecular formula is C20H15ClN6O3. The van der Waals surface area contributed by atoms with Crippen molar-refractivity contribution in [3.05, 3.63) is 58.7 Å². The molecule has 0 unspecified atom stereocenters. The largest absolute Gasteiger partial charge is 0.453 e. The number of oxazole rings is 1. The van der Waals surface area contributed by atoms with E-state index in [4.69, 9.17) is 25.5 Å². The second kappa shape index (κ2) is 7.33. The van der Waals surface area contributed by atoms with E-state index < -0.39 is 0 Å². The summed E-state index contributed by atoms with van der Waals surface area (Å²) in [7, 11) is 3.10. The summed E-state index contributed by atoms with van der Waals surface area (Å²) in [6.07, 6.45) is 3.40. The Morgan fingerprint density at radius 3 is 2.90 bits per heavy atom. The van der Waals surface area contributed by atoms with E-state index in [9.17, 15) is 0 Å². The van der Waals surface area contributed by atoms with E-state index >= 15 is 0 Å². The van der Waals surface area contributed by atoms with Gasteiger partial charge >= 0.3 is 6.08 Å². The van der Waals surface area contributed by atoms with E-state index in [0.29, 0.717) is 41.3 Å². The normalized spacial score (nSPS) is 11.7. The molecular weight excluding hydrogens is 408 g/mol. The minimum absolute atomic E-state index is 0.159. The molecule has 9 nitrogen and oxygen atoms in total. The lowest BCUT2D eigenvalue weighted by molar-refractivity contribution is 0.174. The quantitative estimate of drug-likeness (QED) is 0.412. The topological polar surface area (TPSA) is 93.0 Å². The number of hydrogen-bond donors (Lipinski definition) is 0. The fourth-order valence-electron chi connectivity index (χ4n) is 3.35. The van der Waals surface area contributed by atoms with Crippen LogP contribution in [0.4, 0.5) is 0 Å². The van der Waals surface area contributed by atoms with Crippen LogP contribution in [-0.2, 0) is 17.9 Å². The first-order chi connectivity index (χ1) is 14.7. The van der Waals surface area contributed by atoms with E-state index in [0.717, 1.165) is 16.9 Å². The van der Waals surface area contributed by atoms with Gasteiger partial charge in [0.25, 0.3) is 0 Å². The SMILES string of the molecule is COCc1nnc2n1Cc1c(C#Cc3cnc(OC)o3)ncn1-c1ccc(Cl)cc1-2. The molecule has 4 aromatic rings. The molecule has 3 aromatic heterocycles. The molecule has 10 heteroatoms. The number of halogens is 1. The molecule has 150 valence electrons. The Kier molecular flexibility index (Phi) is 4.50. The van der Waals surface area contributed by atoms with Gasteiger partial charge in [-0.05, 0) is 30.0 Å². The van der Waals surface area contributed by atoms with Gasteiger partial charge < -0.3 is 18.5 Å². The number of hydrogen-bond acceptors (Lipinski definition) is 7. The molecule has 0 N–H and O–H groups in total. The van der Waals surface area contributed by atoms with Crippen molar-refractivity contribution in [2.45, 2.75) is 13.2 Å². The molecule has 1 aliphatic heterocycles. The van der Waals surface area contributed by atoms with Crippen LogP contribution in [0.1, 0.15) is 23.0 Å². The summed E-state index contributed by atoms with van der Waals surface area (Å²) >= 11 is 6.27. The monoisotopic (exact) mass is 422 g/mol. The van der Waals surface area contributed by atoms with E-state index in [-0.39, 0.29) is 6.08 Å². The highest BCUT2D eigenvalue weighted by Gasteiger charge is 2.25. The molecule has 1 aliphatic rings. The number of imidazole rings is 1. The average Bonchev–Trinajstić information content (AvgIpc) is 3.45. The Labute approximate surface area is 176 Å². The van der Waals surface area contributed by atoms with Crippen molar-refractivity contribution in [2.24, 2.45) is 0 Å². The first kappa shape index (κ1) is 18.4. The summed E-state index contributed by atoms with van der Waals surface area (Å²) in [5, 5.41) is 9.29. The van der Waals surface area contributed by atoms with Gasteiger partial charge in [0.2, 0.25) is 5.76 Å². The molecule has 0 bridgehead atoms. The van der Waals surface area contributed by atoms with Gasteiger partial charge in [-0.15, -0.1) is 10.2 Å². The fourth-order valence-corrected chi connectivity index (χ4v) is 3.52. The number of aromatic nitrogens is 6. The highest BCUT2D eigenvalue weighted by Crippen LogP contribution is 2.34. The molecule has 1 aromatic carbocycles. The van der Waals surface area contributed by atoms with Crippen molar-refractivity contribution >= 4 is 11.6 Å². The van der Waals surface area contributed by atoms with Gasteiger partial charge in [-0.2, -0.15) is 4.98 Å². The zero-order valence-corrected chi connectivity index (χ0v) is 16.8. The predicted molar refractivity (Wildman–Crippen MR) is 106 cm³/mol. The fraction of sp³-hybridized carbons (Fsp3) is 0.200. The average molecular weight is 423 g/mol. The van der Waals surface area contributed by atoms with Gasteiger partial charge in [-0.25, -0.2) is 4.98 Å². The molecule has 0 amide bonds. The van der Waals surface area contributed by atoms with Crippen LogP contribution >= 0.6 is 11.6 Å². The van der Waals surface area contributed by atoms with Crippen LogP contribution in [0.3, 0.4) is 0 Å². The van der Waals surface area contributed by atoms with Gasteiger partial charge in [-0.1, -0.05) is 11.6 Å². The van der Waals surface area contributed by atoms with E-state index in [1.54, 1.807) is 13.4 Å². The van der Waals surface area contributed by atoms with Gasteiger partial charge in [0.15, 0.2) is 11.6 Å². The maximum Gasteiger partial charge on any atom is 0.394 e. The molecule has 0 atom stereocenters. The molecule has 0 fully saturated rings. The van der Waals surface area contributed by atoms with Gasteiger partial charge in [-0.3, -0.25) is 4.57 Å². The number of rotatable bonds is 3. The summed E-state index contributed by atoms with van der Waals surface area (Å²) in [5.41, 5.74) is 3.24. The van der Waals surface area contributed by atoms with E-state index in [1.807, 2.05) is 27.3 Å². The van der Waals surface area contributed by atoms with Crippen molar-refractivity contribution in [2.75, 3.05) is 14.2 Å². The summed E-state index contributed by atoms with van der Waals surface area (Å²) in [6, 6.07) is 5.63. The standard InChI is InChI=1S/C20H15ClN6O3/c1-28-10-18-24-25-19-14-7-12(21)3-6-16(14)27-11-23-15(17(27)9-26(18)19)5-4-13-8-22-20(29-2)30-13/h3,6-8,11H,9-10H2,1-2H3. The number of methoxy groups -OCH3 is 2. The van der Waals surface area contributed by atoms with Crippen LogP contribution in [0.5, 0.6) is 6.08 Å². The van der Waals surface area contributed by atoms with Crippen molar-refractivity contribution in [3.8, 4) is 35.0 Å². The third-order valence-corrected chi connectivity index (χ3v) is 4.93. The lowest BCUT2D eigenvalue weighted by Crippen LogP contribution is -2.09. The number of benzene rings is 1. The maximum absolute atomic E-state index is 6.27. The highest BCUT2D eigenvalue weighted by atomic mass is 35.5. The first-order valence-corrected chi connectivity index (χ1v) is 9.35. The molecule has 0 aliphatic carbocycles. The lowest BCUT2D eigenvalue weighted by atomic mass is 10.1. The Balaban J connectivity index is 1.66. The van der Waals surface area contributed by atoms with Crippen molar-refractivity contribution < 1.29 is 13.9 Å². The summed E-state index contributed by atoms with van der Waals surface area (Å²) in [4.78, 5) is 8.48. The Bertz CT molecular complexity index is 1310. The van der Waals surface area contributed by atoms with E-state index in [2.05, 4.69) is 32.0 Å². The van der Waals surface area contributed by atoms with Crippen molar-refractivity contribution in [3.63, 3.8) is 0 Å². The second-order valence-corrected chi connectivity index (χ2v) is 6.91. The van der Waals surface area contributed by atoms with Crippen LogP contribution in [0.2, 0.25) is 5.02 Å². The van der Waals surface area contributed by atoms with Crippen LogP contribution in [0.25, 0.3) is 17.1 Å². The molecule has 0 spiro atoms. The minimum Gasteiger partial charge on any atom is -0.453 e. The first-order valence-electron chi connectivity index (χ1n) is 8.97. The van der Waals surface area contributed by atoms with Crippen LogP contribution in [0, 0.1) is 11.8 Å². The molecule has 0 saturated heterocycles. The van der Waals surface area contributed by atoms with Crippen molar-refractivity contribution in [1.82, 2.24) is 29.3 Å². The van der Waals surface area contributed by atoms with Crippen LogP contribution < -0.4 is 4.74 Å². The van der Waals surface area contributed by atoms with Gasteiger partial charge in [0.05, 0.1) is 31.2 Å². The van der Waals surface area contributed by atoms with Gasteiger partial charge in [0.1, 0.15) is 18.6 Å². The summed E-state index contributed by atoms with van der Waals surface area (Å²) < 4.78 is 19.6. The van der Waals surface area contributed by atoms with Gasteiger partial charge in [0, 0.05) is 17.7 Å². The molecule has 4 heterocycles. The number of ether oxygens (including phenoxy) is 2. The molecule has 0 radical (unpaired) electrons. The number of fused-ring (bicyclic) bond motifs is 5. The zero-order valence-electron chi connectivity index (χ0n) is 16.1. The number of nitrogens with zero attached hydrogens (tertiary/aromatic N) is 6. The Morgan fingerprint density at radius 1 is 1.20 bits per heavy atom. The summed E-state index contributed by atoms with van der Waals surface area (Å²) in [5.74, 6) is 7.81. The Hall–Kier alpha value is -3.61. The molecule has 0 saturated carbocycles. The van der Waals surface area contributed by atoms with Crippen molar-refractivity contribution in [1.29, 1.82) is 0 Å². The van der Waals surface area contributed by atoms with E-state index in [1.165, 1.54) is 13.3 Å². The lowest BCUT2D eigenvalue weighted by Gasteiger charge is -2.08. The smallest absolute Gasteiger partial charge is 0.394 e. The second-order valence-electron chi connectivity index (χ2n) is 6.47. The third-order valence-electron chi connectivity index (χ3n) is 4.70. The highest BCUT2D eigenvalue weighted by molar-refractivity contribution is 6.31. The molecule has 5 rings (SSSR count). The van der Waals surface area contributed by atoms with Crippen LogP contribution in [-0.4, -0.2) is 43.5 Å². The Morgan fingerprint density at radius 2 is 2.10 bits per heavy atom. The summed E-state index contributed by atoms with van der Waals surface area (Å²) in [6.45, 7) is 0.799. The minimum atomic E-state index is 0.159. The molecule has 30 heavy (non-hydrogen) atoms.